The number of carbonyl (C=O) groups excluding carboxylic acids is 1. The Morgan fingerprint density at radius 2 is 1.61 bits per heavy atom. The molecule has 0 atom stereocenters. The minimum atomic E-state index is -0.250. The fourth-order valence-corrected chi connectivity index (χ4v) is 0.966. The molecule has 1 fully saturated rings. The van der Waals surface area contributed by atoms with Crippen molar-refractivity contribution in [3.8, 4) is 0 Å². The van der Waals surface area contributed by atoms with Crippen molar-refractivity contribution in [1.29, 1.82) is 0 Å². The summed E-state index contributed by atoms with van der Waals surface area (Å²) in [5.74, 6) is 0.343. The van der Waals surface area contributed by atoms with Crippen LogP contribution in [0.15, 0.2) is 0 Å². The molecule has 0 bridgehead atoms. The van der Waals surface area contributed by atoms with Crippen molar-refractivity contribution in [3.63, 3.8) is 0 Å². The third-order valence-corrected chi connectivity index (χ3v) is 2.05. The number of Topliss-reactive ketones (excluding diaryl/α,β-unsaturated/α-hetero) is 1. The molecule has 0 aromatic rings. The van der Waals surface area contributed by atoms with E-state index in [1.54, 1.807) is 0 Å². The predicted octanol–water partition coefficient (Wildman–Crippen LogP) is 2.23. The first-order valence-corrected chi connectivity index (χ1v) is 6.55. The lowest BCUT2D eigenvalue weighted by atomic mass is 10.1. The van der Waals surface area contributed by atoms with Gasteiger partial charge in [-0.15, -0.1) is 0 Å². The molecule has 0 saturated carbocycles. The molecule has 1 aliphatic heterocycles. The molecule has 1 heterocycles. The zero-order valence-corrected chi connectivity index (χ0v) is 12.1. The number of carboxylic acid groups (broad SMARTS) is 1. The van der Waals surface area contributed by atoms with Crippen molar-refractivity contribution in [2.24, 2.45) is 5.73 Å². The second kappa shape index (κ2) is 21.4. The molecule has 1 aliphatic rings. The molecule has 1 saturated heterocycles. The van der Waals surface area contributed by atoms with Gasteiger partial charge in [-0.3, -0.25) is 9.59 Å². The van der Waals surface area contributed by atoms with Gasteiger partial charge in [-0.25, -0.2) is 0 Å². The lowest BCUT2D eigenvalue weighted by Crippen LogP contribution is -2.28. The molecular formula is C13H29NO4. The lowest BCUT2D eigenvalue weighted by molar-refractivity contribution is -0.123. The average Bonchev–Trinajstić information content (AvgIpc) is 2.42. The molecule has 18 heavy (non-hydrogen) atoms. The summed E-state index contributed by atoms with van der Waals surface area (Å²) in [6, 6.07) is 0.411. The van der Waals surface area contributed by atoms with Crippen LogP contribution in [0, 0.1) is 0 Å². The van der Waals surface area contributed by atoms with Gasteiger partial charge in [-0.2, -0.15) is 0 Å². The number of hydrogen-bond donors (Lipinski definition) is 2. The first-order chi connectivity index (χ1) is 8.62. The van der Waals surface area contributed by atoms with Crippen LogP contribution < -0.4 is 5.73 Å². The van der Waals surface area contributed by atoms with Crippen molar-refractivity contribution in [2.75, 3.05) is 13.2 Å². The number of nitrogens with two attached hydrogens (primary N) is 1. The van der Waals surface area contributed by atoms with Gasteiger partial charge in [0, 0.05) is 32.1 Å². The fraction of sp³-hybridized carbons (Fsp3) is 0.846. The molecular weight excluding hydrogens is 234 g/mol. The van der Waals surface area contributed by atoms with E-state index in [1.165, 1.54) is 0 Å². The Kier molecular flexibility index (Phi) is 26.4. The molecule has 0 spiro atoms. The summed E-state index contributed by atoms with van der Waals surface area (Å²) in [6.45, 7) is 9.24. The Bertz CT molecular complexity index is 162. The van der Waals surface area contributed by atoms with Gasteiger partial charge in [0.05, 0.1) is 0 Å². The largest absolute Gasteiger partial charge is 0.483 e. The highest BCUT2D eigenvalue weighted by Gasteiger charge is 2.06. The molecule has 5 heteroatoms. The second-order valence-electron chi connectivity index (χ2n) is 3.30. The van der Waals surface area contributed by atoms with Gasteiger partial charge in [0.15, 0.2) is 0 Å². The van der Waals surface area contributed by atoms with Crippen LogP contribution in [0.2, 0.25) is 0 Å². The van der Waals surface area contributed by atoms with Gasteiger partial charge >= 0.3 is 0 Å². The molecule has 5 nitrogen and oxygen atoms in total. The highest BCUT2D eigenvalue weighted by atomic mass is 16.5. The van der Waals surface area contributed by atoms with E-state index in [1.807, 2.05) is 27.7 Å². The lowest BCUT2D eigenvalue weighted by Gasteiger charge is -2.16. The Morgan fingerprint density at radius 3 is 1.72 bits per heavy atom. The standard InChI is InChI=1S/C5H11NO.C5H10O.C2H6.CH2O2/c6-5-1-3-7-4-2-5;1-3-5(6)4-2;1-2;2-1-3/h5H,1-4,6H2;3-4H2,1-2H3;1-2H3;1H,(H,2,3). The van der Waals surface area contributed by atoms with Crippen molar-refractivity contribution >= 4 is 12.3 Å². The molecule has 0 aliphatic carbocycles. The normalized spacial score (nSPS) is 13.6. The van der Waals surface area contributed by atoms with Crippen LogP contribution in [0.1, 0.15) is 53.4 Å². The quantitative estimate of drug-likeness (QED) is 0.746. The Balaban J connectivity index is -0.000000187. The van der Waals surface area contributed by atoms with E-state index in [4.69, 9.17) is 20.4 Å². The summed E-state index contributed by atoms with van der Waals surface area (Å²) in [4.78, 5) is 18.5. The first-order valence-electron chi connectivity index (χ1n) is 6.55. The van der Waals surface area contributed by atoms with Crippen LogP contribution in [0.3, 0.4) is 0 Å². The third-order valence-electron chi connectivity index (χ3n) is 2.05. The van der Waals surface area contributed by atoms with Crippen molar-refractivity contribution in [3.05, 3.63) is 0 Å². The van der Waals surface area contributed by atoms with Gasteiger partial charge in [0.2, 0.25) is 0 Å². The van der Waals surface area contributed by atoms with E-state index in [0.29, 0.717) is 24.7 Å². The maximum absolute atomic E-state index is 10.2. The molecule has 0 aromatic heterocycles. The highest BCUT2D eigenvalue weighted by molar-refractivity contribution is 5.77. The number of carbonyl (C=O) groups is 2. The summed E-state index contributed by atoms with van der Waals surface area (Å²) in [5.41, 5.74) is 5.55. The van der Waals surface area contributed by atoms with E-state index in [-0.39, 0.29) is 6.47 Å². The average molecular weight is 263 g/mol. The molecule has 0 radical (unpaired) electrons. The summed E-state index contributed by atoms with van der Waals surface area (Å²) in [6.07, 6.45) is 3.47. The Morgan fingerprint density at radius 1 is 1.28 bits per heavy atom. The van der Waals surface area contributed by atoms with Crippen LogP contribution in [0.25, 0.3) is 0 Å². The van der Waals surface area contributed by atoms with Crippen molar-refractivity contribution in [2.45, 2.75) is 59.4 Å². The zero-order valence-electron chi connectivity index (χ0n) is 12.1. The minimum Gasteiger partial charge on any atom is -0.483 e. The zero-order chi connectivity index (χ0) is 14.8. The molecule has 0 amide bonds. The Labute approximate surface area is 111 Å². The van der Waals surface area contributed by atoms with Gasteiger partial charge in [0.25, 0.3) is 6.47 Å². The molecule has 1 rings (SSSR count). The van der Waals surface area contributed by atoms with Gasteiger partial charge in [0.1, 0.15) is 5.78 Å². The predicted molar refractivity (Wildman–Crippen MR) is 73.7 cm³/mol. The maximum Gasteiger partial charge on any atom is 0.290 e. The van der Waals surface area contributed by atoms with E-state index in [2.05, 4.69) is 0 Å². The van der Waals surface area contributed by atoms with E-state index < -0.39 is 0 Å². The topological polar surface area (TPSA) is 89.6 Å². The van der Waals surface area contributed by atoms with Gasteiger partial charge in [-0.05, 0) is 12.8 Å². The van der Waals surface area contributed by atoms with Gasteiger partial charge in [-0.1, -0.05) is 27.7 Å². The van der Waals surface area contributed by atoms with Crippen LogP contribution in [-0.2, 0) is 14.3 Å². The van der Waals surface area contributed by atoms with Crippen LogP contribution >= 0.6 is 0 Å². The first kappa shape index (κ1) is 22.3. The van der Waals surface area contributed by atoms with Gasteiger partial charge < -0.3 is 15.6 Å². The molecule has 3 N–H and O–H groups in total. The van der Waals surface area contributed by atoms with Crippen molar-refractivity contribution in [1.82, 2.24) is 0 Å². The smallest absolute Gasteiger partial charge is 0.290 e. The molecule has 0 aromatic carbocycles. The van der Waals surface area contributed by atoms with E-state index in [9.17, 15) is 4.79 Å². The SMILES string of the molecule is CC.CCC(=O)CC.NC1CCOCC1.O=CO. The summed E-state index contributed by atoms with van der Waals surface area (Å²) < 4.78 is 5.06. The van der Waals surface area contributed by atoms with E-state index in [0.717, 1.165) is 26.1 Å². The third kappa shape index (κ3) is 24.3. The van der Waals surface area contributed by atoms with Crippen LogP contribution in [-0.4, -0.2) is 36.6 Å². The number of ether oxygens (including phenoxy) is 1. The van der Waals surface area contributed by atoms with Crippen LogP contribution in [0.5, 0.6) is 0 Å². The summed E-state index contributed by atoms with van der Waals surface area (Å²) in [7, 11) is 0. The summed E-state index contributed by atoms with van der Waals surface area (Å²) in [5, 5.41) is 6.89. The Hall–Kier alpha value is -0.940. The maximum atomic E-state index is 10.2. The minimum absolute atomic E-state index is 0.250. The fourth-order valence-electron chi connectivity index (χ4n) is 0.966. The number of hydrogen-bond acceptors (Lipinski definition) is 4. The molecule has 0 unspecified atom stereocenters. The van der Waals surface area contributed by atoms with E-state index >= 15 is 0 Å². The second-order valence-corrected chi connectivity index (χ2v) is 3.30. The summed E-state index contributed by atoms with van der Waals surface area (Å²) >= 11 is 0. The highest BCUT2D eigenvalue weighted by Crippen LogP contribution is 2.01. The monoisotopic (exact) mass is 263 g/mol. The number of rotatable bonds is 2. The van der Waals surface area contributed by atoms with Crippen LogP contribution in [0.4, 0.5) is 0 Å². The van der Waals surface area contributed by atoms with Crippen molar-refractivity contribution < 1.29 is 19.4 Å². The molecule has 110 valence electrons. The number of ketones is 1.